The van der Waals surface area contributed by atoms with Crippen LogP contribution in [0.3, 0.4) is 0 Å². The van der Waals surface area contributed by atoms with E-state index < -0.39 is 30.7 Å². The molecule has 0 amide bonds. The largest absolute Gasteiger partial charge is 0.388 e. The van der Waals surface area contributed by atoms with Crippen LogP contribution >= 0.6 is 0 Å². The van der Waals surface area contributed by atoms with Gasteiger partial charge in [0.15, 0.2) is 6.29 Å². The maximum Gasteiger partial charge on any atom is 0.186 e. The summed E-state index contributed by atoms with van der Waals surface area (Å²) < 4.78 is 10.8. The summed E-state index contributed by atoms with van der Waals surface area (Å²) in [5.74, 6) is 0. The molecule has 0 aromatic rings. The minimum Gasteiger partial charge on any atom is -0.388 e. The van der Waals surface area contributed by atoms with Crippen molar-refractivity contribution in [2.24, 2.45) is 0 Å². The number of aliphatic hydroxyl groups excluding tert-OH is 3. The summed E-state index contributed by atoms with van der Waals surface area (Å²) in [6.07, 6.45) is 2.13. The highest BCUT2D eigenvalue weighted by atomic mass is 16.7. The predicted octanol–water partition coefficient (Wildman–Crippen LogP) is 1.19. The fraction of sp³-hybridized carbons (Fsp3) is 1.00. The second-order valence-corrected chi connectivity index (χ2v) is 5.32. The van der Waals surface area contributed by atoms with Gasteiger partial charge in [-0.2, -0.15) is 0 Å². The molecule has 19 heavy (non-hydrogen) atoms. The third kappa shape index (κ3) is 5.36. The molecule has 1 fully saturated rings. The van der Waals surface area contributed by atoms with E-state index in [-0.39, 0.29) is 0 Å². The summed E-state index contributed by atoms with van der Waals surface area (Å²) in [5, 5.41) is 28.9. The first-order valence-electron chi connectivity index (χ1n) is 7.39. The molecule has 0 aromatic heterocycles. The Labute approximate surface area is 115 Å². The zero-order valence-electron chi connectivity index (χ0n) is 12.0. The van der Waals surface area contributed by atoms with Crippen molar-refractivity contribution >= 4 is 0 Å². The summed E-state index contributed by atoms with van der Waals surface area (Å²) in [6, 6.07) is 0. The molecule has 1 aliphatic rings. The van der Waals surface area contributed by atoms with Gasteiger partial charge in [-0.3, -0.25) is 0 Å². The monoisotopic (exact) mass is 276 g/mol. The van der Waals surface area contributed by atoms with Gasteiger partial charge in [-0.05, 0) is 13.3 Å². The van der Waals surface area contributed by atoms with E-state index in [9.17, 15) is 15.3 Å². The molecule has 0 aliphatic carbocycles. The van der Waals surface area contributed by atoms with Gasteiger partial charge in [0.05, 0.1) is 6.10 Å². The van der Waals surface area contributed by atoms with Gasteiger partial charge in [-0.15, -0.1) is 0 Å². The molecule has 1 saturated heterocycles. The molecule has 0 aromatic carbocycles. The molecular weight excluding hydrogens is 248 g/mol. The predicted molar refractivity (Wildman–Crippen MR) is 71.7 cm³/mol. The highest BCUT2D eigenvalue weighted by Gasteiger charge is 2.42. The molecule has 5 atom stereocenters. The third-order valence-electron chi connectivity index (χ3n) is 3.59. The number of hydrogen-bond acceptors (Lipinski definition) is 5. The number of rotatable bonds is 8. The molecule has 1 aliphatic heterocycles. The van der Waals surface area contributed by atoms with Crippen LogP contribution in [0.15, 0.2) is 0 Å². The van der Waals surface area contributed by atoms with E-state index in [1.807, 2.05) is 0 Å². The molecule has 3 N–H and O–H groups in total. The highest BCUT2D eigenvalue weighted by molar-refractivity contribution is 4.87. The summed E-state index contributed by atoms with van der Waals surface area (Å²) in [4.78, 5) is 0. The molecule has 5 nitrogen and oxygen atoms in total. The molecule has 0 radical (unpaired) electrons. The third-order valence-corrected chi connectivity index (χ3v) is 3.59. The first-order valence-corrected chi connectivity index (χ1v) is 7.39. The van der Waals surface area contributed by atoms with Crippen LogP contribution in [0.2, 0.25) is 0 Å². The lowest BCUT2D eigenvalue weighted by Gasteiger charge is -2.38. The maximum atomic E-state index is 9.74. The number of aliphatic hydroxyl groups is 3. The van der Waals surface area contributed by atoms with Crippen LogP contribution in [0, 0.1) is 0 Å². The van der Waals surface area contributed by atoms with Crippen LogP contribution in [0.25, 0.3) is 0 Å². The maximum absolute atomic E-state index is 9.74. The van der Waals surface area contributed by atoms with Gasteiger partial charge in [0.25, 0.3) is 0 Å². The first-order chi connectivity index (χ1) is 9.07. The summed E-state index contributed by atoms with van der Waals surface area (Å²) in [6.45, 7) is 4.34. The van der Waals surface area contributed by atoms with E-state index in [2.05, 4.69) is 6.92 Å². The summed E-state index contributed by atoms with van der Waals surface area (Å²) in [7, 11) is 0. The van der Waals surface area contributed by atoms with Crippen molar-refractivity contribution in [2.75, 3.05) is 6.61 Å². The number of hydrogen-bond donors (Lipinski definition) is 3. The van der Waals surface area contributed by atoms with Crippen molar-refractivity contribution in [3.8, 4) is 0 Å². The van der Waals surface area contributed by atoms with E-state index in [1.54, 1.807) is 6.92 Å². The Kier molecular flexibility index (Phi) is 7.87. The fourth-order valence-electron chi connectivity index (χ4n) is 2.23. The second-order valence-electron chi connectivity index (χ2n) is 5.32. The van der Waals surface area contributed by atoms with Gasteiger partial charge < -0.3 is 24.8 Å². The SMILES string of the molecule is CCCCCCCCOC1O[C@@H](C)[C@H](O)[C@@H](O)[C@H]1O. The van der Waals surface area contributed by atoms with Gasteiger partial charge in [-0.25, -0.2) is 0 Å². The summed E-state index contributed by atoms with van der Waals surface area (Å²) >= 11 is 0. The summed E-state index contributed by atoms with van der Waals surface area (Å²) in [5.41, 5.74) is 0. The Bertz CT molecular complexity index is 236. The quantitative estimate of drug-likeness (QED) is 0.580. The molecule has 5 heteroatoms. The average molecular weight is 276 g/mol. The van der Waals surface area contributed by atoms with Gasteiger partial charge in [-0.1, -0.05) is 39.0 Å². The number of ether oxygens (including phenoxy) is 2. The normalized spacial score (nSPS) is 35.5. The molecule has 0 saturated carbocycles. The number of unbranched alkanes of at least 4 members (excludes halogenated alkanes) is 5. The van der Waals surface area contributed by atoms with Crippen molar-refractivity contribution in [1.82, 2.24) is 0 Å². The Morgan fingerprint density at radius 3 is 2.21 bits per heavy atom. The molecule has 114 valence electrons. The van der Waals surface area contributed by atoms with Crippen LogP contribution in [0.4, 0.5) is 0 Å². The lowest BCUT2D eigenvalue weighted by molar-refractivity contribution is -0.293. The van der Waals surface area contributed by atoms with E-state index >= 15 is 0 Å². The minimum atomic E-state index is -1.21. The molecular formula is C14H28O5. The molecule has 1 unspecified atom stereocenters. The zero-order valence-corrected chi connectivity index (χ0v) is 12.0. The first kappa shape index (κ1) is 16.9. The molecule has 0 spiro atoms. The topological polar surface area (TPSA) is 79.2 Å². The van der Waals surface area contributed by atoms with E-state index in [0.29, 0.717) is 6.61 Å². The van der Waals surface area contributed by atoms with Gasteiger partial charge in [0.2, 0.25) is 0 Å². The van der Waals surface area contributed by atoms with Crippen molar-refractivity contribution in [3.63, 3.8) is 0 Å². The Morgan fingerprint density at radius 2 is 1.53 bits per heavy atom. The standard InChI is InChI=1S/C14H28O5/c1-3-4-5-6-7-8-9-18-14-13(17)12(16)11(15)10(2)19-14/h10-17H,3-9H2,1-2H3/t10-,11-,12+,13+,14?/m0/s1. The highest BCUT2D eigenvalue weighted by Crippen LogP contribution is 2.22. The zero-order chi connectivity index (χ0) is 14.3. The molecule has 0 bridgehead atoms. The van der Waals surface area contributed by atoms with E-state index in [1.165, 1.54) is 25.7 Å². The van der Waals surface area contributed by atoms with Crippen molar-refractivity contribution in [1.29, 1.82) is 0 Å². The van der Waals surface area contributed by atoms with Crippen LogP contribution < -0.4 is 0 Å². The van der Waals surface area contributed by atoms with Crippen LogP contribution in [0.1, 0.15) is 52.4 Å². The fourth-order valence-corrected chi connectivity index (χ4v) is 2.23. The molecule has 1 rings (SSSR count). The smallest absolute Gasteiger partial charge is 0.186 e. The Hall–Kier alpha value is -0.200. The van der Waals surface area contributed by atoms with Crippen molar-refractivity contribution in [2.45, 2.75) is 83.1 Å². The lowest BCUT2D eigenvalue weighted by atomic mass is 10.00. The van der Waals surface area contributed by atoms with Crippen LogP contribution in [-0.4, -0.2) is 52.6 Å². The minimum absolute atomic E-state index is 0.503. The van der Waals surface area contributed by atoms with Crippen LogP contribution in [-0.2, 0) is 9.47 Å². The Balaban J connectivity index is 2.15. The van der Waals surface area contributed by atoms with Gasteiger partial charge in [0.1, 0.15) is 18.3 Å². The van der Waals surface area contributed by atoms with Crippen molar-refractivity contribution < 1.29 is 24.8 Å². The Morgan fingerprint density at radius 1 is 0.895 bits per heavy atom. The molecule has 1 heterocycles. The lowest BCUT2D eigenvalue weighted by Crippen LogP contribution is -2.57. The van der Waals surface area contributed by atoms with Crippen LogP contribution in [0.5, 0.6) is 0 Å². The van der Waals surface area contributed by atoms with E-state index in [4.69, 9.17) is 9.47 Å². The van der Waals surface area contributed by atoms with Gasteiger partial charge >= 0.3 is 0 Å². The second kappa shape index (κ2) is 8.87. The van der Waals surface area contributed by atoms with E-state index in [0.717, 1.165) is 12.8 Å². The van der Waals surface area contributed by atoms with Crippen molar-refractivity contribution in [3.05, 3.63) is 0 Å². The van der Waals surface area contributed by atoms with Gasteiger partial charge in [0, 0.05) is 6.61 Å². The average Bonchev–Trinajstić information content (AvgIpc) is 2.41.